The smallest absolute Gasteiger partial charge is 0.0297 e. The molecule has 1 aliphatic carbocycles. The minimum atomic E-state index is 0.699. The third kappa shape index (κ3) is 4.11. The molecule has 0 saturated heterocycles. The van der Waals surface area contributed by atoms with Gasteiger partial charge in [-0.25, -0.2) is 0 Å². The third-order valence-electron chi connectivity index (χ3n) is 4.73. The third-order valence-corrected chi connectivity index (χ3v) is 4.73. The van der Waals surface area contributed by atoms with E-state index in [1.807, 2.05) is 0 Å². The zero-order valence-electron chi connectivity index (χ0n) is 12.0. The summed E-state index contributed by atoms with van der Waals surface area (Å²) in [6.07, 6.45) is 13.2. The Hall–Kier alpha value is 0. The van der Waals surface area contributed by atoms with Crippen molar-refractivity contribution in [3.05, 3.63) is 0 Å². The highest BCUT2D eigenvalue weighted by molar-refractivity contribution is 4.84. The van der Waals surface area contributed by atoms with E-state index in [0.717, 1.165) is 11.8 Å². The average molecular weight is 224 g/mol. The van der Waals surface area contributed by atoms with Crippen LogP contribution in [0.25, 0.3) is 0 Å². The van der Waals surface area contributed by atoms with Gasteiger partial charge in [-0.3, -0.25) is 0 Å². The lowest BCUT2D eigenvalue weighted by Gasteiger charge is -2.40. The van der Waals surface area contributed by atoms with Crippen LogP contribution < -0.4 is 0 Å². The second-order valence-electron chi connectivity index (χ2n) is 6.54. The molecule has 0 amide bonds. The highest BCUT2D eigenvalue weighted by Gasteiger charge is 2.32. The molecule has 0 N–H and O–H groups in total. The first-order valence-corrected chi connectivity index (χ1v) is 7.62. The van der Waals surface area contributed by atoms with Crippen LogP contribution in [-0.4, -0.2) is 0 Å². The van der Waals surface area contributed by atoms with E-state index < -0.39 is 0 Å². The van der Waals surface area contributed by atoms with E-state index in [-0.39, 0.29) is 0 Å². The molecule has 0 aromatic rings. The number of rotatable bonds is 8. The van der Waals surface area contributed by atoms with Crippen molar-refractivity contribution < 1.29 is 0 Å². The molecule has 0 bridgehead atoms. The van der Waals surface area contributed by atoms with Gasteiger partial charge in [-0.15, -0.1) is 0 Å². The maximum Gasteiger partial charge on any atom is -0.0297 e. The van der Waals surface area contributed by atoms with Crippen LogP contribution in [0, 0.1) is 17.3 Å². The zero-order chi connectivity index (χ0) is 12.0. The standard InChI is InChI=1S/C16H32/c1-5-11-16(6-2,12-10-14(3)4)13-15-8-7-9-15/h14-15H,5-13H2,1-4H3. The van der Waals surface area contributed by atoms with Crippen LogP contribution in [-0.2, 0) is 0 Å². The Kier molecular flexibility index (Phi) is 5.86. The molecule has 1 saturated carbocycles. The van der Waals surface area contributed by atoms with Gasteiger partial charge < -0.3 is 0 Å². The lowest BCUT2D eigenvalue weighted by Crippen LogP contribution is -2.27. The molecule has 0 aliphatic heterocycles. The first kappa shape index (κ1) is 14.1. The molecule has 0 heteroatoms. The summed E-state index contributed by atoms with van der Waals surface area (Å²) in [6.45, 7) is 9.53. The molecule has 1 fully saturated rings. The molecular formula is C16H32. The summed E-state index contributed by atoms with van der Waals surface area (Å²) < 4.78 is 0. The zero-order valence-corrected chi connectivity index (χ0v) is 12.0. The molecule has 1 atom stereocenters. The molecular weight excluding hydrogens is 192 g/mol. The van der Waals surface area contributed by atoms with Crippen LogP contribution in [0.2, 0.25) is 0 Å². The SMILES string of the molecule is CCCC(CC)(CCC(C)C)CC1CCC1. The largest absolute Gasteiger partial charge is 0.0654 e. The van der Waals surface area contributed by atoms with Crippen molar-refractivity contribution in [2.75, 3.05) is 0 Å². The van der Waals surface area contributed by atoms with Crippen LogP contribution in [0.4, 0.5) is 0 Å². The van der Waals surface area contributed by atoms with Crippen molar-refractivity contribution in [3.63, 3.8) is 0 Å². The Morgan fingerprint density at radius 1 is 1.12 bits per heavy atom. The maximum absolute atomic E-state index is 2.43. The summed E-state index contributed by atoms with van der Waals surface area (Å²) in [7, 11) is 0. The van der Waals surface area contributed by atoms with Gasteiger partial charge in [-0.1, -0.05) is 66.2 Å². The van der Waals surface area contributed by atoms with Gasteiger partial charge in [0.25, 0.3) is 0 Å². The summed E-state index contributed by atoms with van der Waals surface area (Å²) in [5, 5.41) is 0. The molecule has 0 radical (unpaired) electrons. The second-order valence-corrected chi connectivity index (χ2v) is 6.54. The number of hydrogen-bond donors (Lipinski definition) is 0. The molecule has 0 spiro atoms. The minimum Gasteiger partial charge on any atom is -0.0654 e. The average Bonchev–Trinajstić information content (AvgIpc) is 2.20. The lowest BCUT2D eigenvalue weighted by molar-refractivity contribution is 0.121. The van der Waals surface area contributed by atoms with Crippen molar-refractivity contribution in [2.24, 2.45) is 17.3 Å². The van der Waals surface area contributed by atoms with Gasteiger partial charge in [-0.05, 0) is 36.5 Å². The maximum atomic E-state index is 2.43. The van der Waals surface area contributed by atoms with Gasteiger partial charge in [-0.2, -0.15) is 0 Å². The highest BCUT2D eigenvalue weighted by Crippen LogP contribution is 2.45. The summed E-state index contributed by atoms with van der Waals surface area (Å²) in [6, 6.07) is 0. The first-order valence-electron chi connectivity index (χ1n) is 7.62. The van der Waals surface area contributed by atoms with E-state index in [9.17, 15) is 0 Å². The second kappa shape index (κ2) is 6.67. The van der Waals surface area contributed by atoms with Gasteiger partial charge in [0.1, 0.15) is 0 Å². The fourth-order valence-corrected chi connectivity index (χ4v) is 3.26. The minimum absolute atomic E-state index is 0.699. The fraction of sp³-hybridized carbons (Fsp3) is 1.00. The van der Waals surface area contributed by atoms with Gasteiger partial charge in [0.2, 0.25) is 0 Å². The fourth-order valence-electron chi connectivity index (χ4n) is 3.26. The van der Waals surface area contributed by atoms with Crippen molar-refractivity contribution in [1.29, 1.82) is 0 Å². The molecule has 0 aromatic heterocycles. The van der Waals surface area contributed by atoms with Crippen LogP contribution in [0.1, 0.15) is 85.5 Å². The quantitative estimate of drug-likeness (QED) is 0.488. The van der Waals surface area contributed by atoms with E-state index in [2.05, 4.69) is 27.7 Å². The summed E-state index contributed by atoms with van der Waals surface area (Å²) >= 11 is 0. The van der Waals surface area contributed by atoms with Crippen LogP contribution >= 0.6 is 0 Å². The highest BCUT2D eigenvalue weighted by atomic mass is 14.4. The predicted molar refractivity (Wildman–Crippen MR) is 73.7 cm³/mol. The van der Waals surface area contributed by atoms with Gasteiger partial charge in [0.15, 0.2) is 0 Å². The van der Waals surface area contributed by atoms with Gasteiger partial charge in [0, 0.05) is 0 Å². The van der Waals surface area contributed by atoms with E-state index in [0.29, 0.717) is 5.41 Å². The Morgan fingerprint density at radius 3 is 2.19 bits per heavy atom. The van der Waals surface area contributed by atoms with Crippen LogP contribution in [0.5, 0.6) is 0 Å². The molecule has 0 heterocycles. The molecule has 0 nitrogen and oxygen atoms in total. The molecule has 1 unspecified atom stereocenters. The van der Waals surface area contributed by atoms with Crippen molar-refractivity contribution in [3.8, 4) is 0 Å². The van der Waals surface area contributed by atoms with Gasteiger partial charge >= 0.3 is 0 Å². The van der Waals surface area contributed by atoms with E-state index in [1.54, 1.807) is 0 Å². The Labute approximate surface area is 103 Å². The Bertz CT molecular complexity index is 178. The van der Waals surface area contributed by atoms with Crippen molar-refractivity contribution in [2.45, 2.75) is 85.5 Å². The predicted octanol–water partition coefficient (Wildman–Crippen LogP) is 5.81. The monoisotopic (exact) mass is 224 g/mol. The molecule has 16 heavy (non-hydrogen) atoms. The normalized spacial score (nSPS) is 20.8. The molecule has 96 valence electrons. The molecule has 1 aliphatic rings. The summed E-state index contributed by atoms with van der Waals surface area (Å²) in [4.78, 5) is 0. The molecule has 0 aromatic carbocycles. The first-order chi connectivity index (χ1) is 7.62. The van der Waals surface area contributed by atoms with E-state index in [1.165, 1.54) is 57.8 Å². The summed E-state index contributed by atoms with van der Waals surface area (Å²) in [5.41, 5.74) is 0.699. The van der Waals surface area contributed by atoms with Crippen LogP contribution in [0.3, 0.4) is 0 Å². The Balaban J connectivity index is 2.48. The van der Waals surface area contributed by atoms with Crippen LogP contribution in [0.15, 0.2) is 0 Å². The van der Waals surface area contributed by atoms with Crippen molar-refractivity contribution in [1.82, 2.24) is 0 Å². The van der Waals surface area contributed by atoms with E-state index in [4.69, 9.17) is 0 Å². The summed E-state index contributed by atoms with van der Waals surface area (Å²) in [5.74, 6) is 1.96. The topological polar surface area (TPSA) is 0 Å². The lowest BCUT2D eigenvalue weighted by atomic mass is 9.66. The molecule has 1 rings (SSSR count). The Morgan fingerprint density at radius 2 is 1.81 bits per heavy atom. The number of hydrogen-bond acceptors (Lipinski definition) is 0. The van der Waals surface area contributed by atoms with Gasteiger partial charge in [0.05, 0.1) is 0 Å². The van der Waals surface area contributed by atoms with E-state index >= 15 is 0 Å². The van der Waals surface area contributed by atoms with Crippen molar-refractivity contribution >= 4 is 0 Å².